The molecule has 0 radical (unpaired) electrons. The van der Waals surface area contributed by atoms with Crippen LogP contribution >= 0.6 is 0 Å². The van der Waals surface area contributed by atoms with Gasteiger partial charge in [-0.05, 0) is 42.7 Å². The van der Waals surface area contributed by atoms with Crippen molar-refractivity contribution in [2.45, 2.75) is 26.3 Å². The first-order chi connectivity index (χ1) is 16.9. The first-order valence-electron chi connectivity index (χ1n) is 11.5. The van der Waals surface area contributed by atoms with Gasteiger partial charge in [0.25, 0.3) is 0 Å². The van der Waals surface area contributed by atoms with E-state index in [0.29, 0.717) is 25.3 Å². The van der Waals surface area contributed by atoms with E-state index in [1.165, 1.54) is 13.4 Å². The fourth-order valence-electron chi connectivity index (χ4n) is 3.85. The minimum atomic E-state index is -0.614. The monoisotopic (exact) mass is 480 g/mol. The molecule has 0 aliphatic carbocycles. The van der Waals surface area contributed by atoms with E-state index in [9.17, 15) is 14.4 Å². The maximum absolute atomic E-state index is 12.8. The highest BCUT2D eigenvalue weighted by Crippen LogP contribution is 2.27. The van der Waals surface area contributed by atoms with Crippen LogP contribution in [-0.2, 0) is 23.9 Å². The average molecular weight is 481 g/mol. The topological polar surface area (TPSA) is 101 Å². The molecule has 1 saturated heterocycles. The van der Waals surface area contributed by atoms with Crippen molar-refractivity contribution in [1.82, 2.24) is 10.2 Å². The van der Waals surface area contributed by atoms with Crippen LogP contribution in [0.25, 0.3) is 0 Å². The number of ether oxygens (including phenoxy) is 2. The third kappa shape index (κ3) is 7.38. The number of benzene rings is 2. The minimum absolute atomic E-state index is 0.0355. The number of carbonyl (C=O) groups excluding carboxylic acids is 3. The van der Waals surface area contributed by atoms with Crippen LogP contribution in [0.3, 0.4) is 0 Å². The van der Waals surface area contributed by atoms with Crippen molar-refractivity contribution < 1.29 is 23.9 Å². The molecule has 1 fully saturated rings. The molecule has 3 rings (SSSR count). The molecule has 9 nitrogen and oxygen atoms in total. The smallest absolute Gasteiger partial charge is 0.307 e. The largest absolute Gasteiger partial charge is 0.469 e. The molecule has 0 bridgehead atoms. The SMILES string of the molecule is COC(=O)CC(NC(=O)CN(C=O)/C=N\c1ccccc1C)c1ccc(C)c(N2CCOCC2)c1. The summed E-state index contributed by atoms with van der Waals surface area (Å²) in [7, 11) is 1.31. The predicted octanol–water partition coefficient (Wildman–Crippen LogP) is 2.68. The second-order valence-electron chi connectivity index (χ2n) is 8.35. The Labute approximate surface area is 205 Å². The Morgan fingerprint density at radius 1 is 1.17 bits per heavy atom. The highest BCUT2D eigenvalue weighted by atomic mass is 16.5. The van der Waals surface area contributed by atoms with Crippen LogP contribution in [0.15, 0.2) is 47.5 Å². The molecule has 2 amide bonds. The second-order valence-corrected chi connectivity index (χ2v) is 8.35. The van der Waals surface area contributed by atoms with Gasteiger partial charge in [-0.25, -0.2) is 4.99 Å². The Bertz CT molecular complexity index is 1070. The molecular weight excluding hydrogens is 448 g/mol. The Balaban J connectivity index is 1.75. The summed E-state index contributed by atoms with van der Waals surface area (Å²) in [4.78, 5) is 44.2. The lowest BCUT2D eigenvalue weighted by molar-refractivity contribution is -0.141. The number of amides is 2. The second kappa shape index (κ2) is 12.7. The number of aryl methyl sites for hydroxylation is 2. The number of carbonyl (C=O) groups is 3. The summed E-state index contributed by atoms with van der Waals surface area (Å²) in [6, 6.07) is 12.7. The molecule has 1 atom stereocenters. The van der Waals surface area contributed by atoms with Crippen molar-refractivity contribution in [1.29, 1.82) is 0 Å². The Kier molecular flexibility index (Phi) is 9.37. The van der Waals surface area contributed by atoms with E-state index in [-0.39, 0.29) is 13.0 Å². The van der Waals surface area contributed by atoms with Gasteiger partial charge in [0.15, 0.2) is 0 Å². The van der Waals surface area contributed by atoms with Crippen LogP contribution < -0.4 is 10.2 Å². The van der Waals surface area contributed by atoms with E-state index in [0.717, 1.165) is 40.4 Å². The maximum atomic E-state index is 12.8. The Morgan fingerprint density at radius 2 is 1.91 bits per heavy atom. The van der Waals surface area contributed by atoms with Gasteiger partial charge in [0.1, 0.15) is 6.54 Å². The molecule has 0 saturated carbocycles. The number of anilines is 1. The Hall–Kier alpha value is -3.72. The standard InChI is InChI=1S/C26H32N4O5/c1-19-6-4-5-7-22(19)27-17-29(18-31)16-25(32)28-23(15-26(33)34-3)21-9-8-20(2)24(14-21)30-10-12-35-13-11-30/h4-9,14,17-18,23H,10-13,15-16H2,1-3H3,(H,28,32)/b27-17-. The number of hydrogen-bond donors (Lipinski definition) is 1. The van der Waals surface area contributed by atoms with Crippen LogP contribution in [0.4, 0.5) is 11.4 Å². The van der Waals surface area contributed by atoms with Crippen molar-refractivity contribution in [2.75, 3.05) is 44.9 Å². The normalized spacial score (nSPS) is 14.4. The predicted molar refractivity (Wildman–Crippen MR) is 134 cm³/mol. The molecule has 9 heteroatoms. The van der Waals surface area contributed by atoms with Gasteiger partial charge in [-0.2, -0.15) is 0 Å². The molecule has 1 heterocycles. The summed E-state index contributed by atoms with van der Waals surface area (Å²) in [5.41, 5.74) is 4.57. The molecule has 35 heavy (non-hydrogen) atoms. The number of nitrogens with zero attached hydrogens (tertiary/aromatic N) is 3. The van der Waals surface area contributed by atoms with Crippen LogP contribution in [0, 0.1) is 13.8 Å². The number of nitrogens with one attached hydrogen (secondary N) is 1. The van der Waals surface area contributed by atoms with Crippen molar-refractivity contribution in [2.24, 2.45) is 4.99 Å². The number of methoxy groups -OCH3 is 1. The highest BCUT2D eigenvalue weighted by Gasteiger charge is 2.22. The number of hydrogen-bond acceptors (Lipinski definition) is 7. The number of esters is 1. The zero-order chi connectivity index (χ0) is 25.2. The van der Waals surface area contributed by atoms with E-state index in [4.69, 9.17) is 9.47 Å². The van der Waals surface area contributed by atoms with Gasteiger partial charge in [0.05, 0.1) is 44.8 Å². The van der Waals surface area contributed by atoms with Gasteiger partial charge in [0.2, 0.25) is 12.3 Å². The summed E-state index contributed by atoms with van der Waals surface area (Å²) in [5, 5.41) is 2.88. The maximum Gasteiger partial charge on any atom is 0.307 e. The average Bonchev–Trinajstić information content (AvgIpc) is 2.87. The van der Waals surface area contributed by atoms with Crippen LogP contribution in [0.1, 0.15) is 29.2 Å². The molecule has 1 aliphatic rings. The van der Waals surface area contributed by atoms with Gasteiger partial charge >= 0.3 is 5.97 Å². The number of morpholine rings is 1. The molecule has 2 aromatic rings. The van der Waals surface area contributed by atoms with E-state index < -0.39 is 17.9 Å². The first kappa shape index (κ1) is 25.9. The van der Waals surface area contributed by atoms with E-state index in [1.54, 1.807) is 0 Å². The minimum Gasteiger partial charge on any atom is -0.469 e. The lowest BCUT2D eigenvalue weighted by Crippen LogP contribution is -2.39. The quantitative estimate of drug-likeness (QED) is 0.243. The number of aliphatic imine (C=N–C) groups is 1. The summed E-state index contributed by atoms with van der Waals surface area (Å²) in [6.07, 6.45) is 1.83. The third-order valence-electron chi connectivity index (χ3n) is 5.84. The van der Waals surface area contributed by atoms with Gasteiger partial charge in [-0.3, -0.25) is 19.3 Å². The fourth-order valence-corrected chi connectivity index (χ4v) is 3.85. The molecule has 1 aliphatic heterocycles. The van der Waals surface area contributed by atoms with E-state index in [1.807, 2.05) is 56.3 Å². The zero-order valence-electron chi connectivity index (χ0n) is 20.4. The summed E-state index contributed by atoms with van der Waals surface area (Å²) >= 11 is 0. The van der Waals surface area contributed by atoms with Gasteiger partial charge in [-0.1, -0.05) is 30.3 Å². The number of para-hydroxylation sites is 1. The van der Waals surface area contributed by atoms with Crippen LogP contribution in [-0.4, -0.2) is 69.5 Å². The highest BCUT2D eigenvalue weighted by molar-refractivity contribution is 5.86. The van der Waals surface area contributed by atoms with Crippen molar-refractivity contribution in [3.05, 3.63) is 59.2 Å². The number of rotatable bonds is 10. The van der Waals surface area contributed by atoms with Gasteiger partial charge in [-0.15, -0.1) is 0 Å². The fraction of sp³-hybridized carbons (Fsp3) is 0.385. The van der Waals surface area contributed by atoms with Crippen LogP contribution in [0.5, 0.6) is 0 Å². The third-order valence-corrected chi connectivity index (χ3v) is 5.84. The summed E-state index contributed by atoms with van der Waals surface area (Å²) in [6.45, 7) is 6.54. The van der Waals surface area contributed by atoms with Crippen molar-refractivity contribution >= 4 is 36.0 Å². The molecular formula is C26H32N4O5. The molecule has 0 spiro atoms. The summed E-state index contributed by atoms with van der Waals surface area (Å²) < 4.78 is 10.3. The van der Waals surface area contributed by atoms with Crippen molar-refractivity contribution in [3.8, 4) is 0 Å². The zero-order valence-corrected chi connectivity index (χ0v) is 20.4. The summed E-state index contributed by atoms with van der Waals surface area (Å²) in [5.74, 6) is -0.868. The first-order valence-corrected chi connectivity index (χ1v) is 11.5. The molecule has 1 unspecified atom stereocenters. The Morgan fingerprint density at radius 3 is 2.60 bits per heavy atom. The van der Waals surface area contributed by atoms with Gasteiger partial charge < -0.3 is 19.7 Å². The van der Waals surface area contributed by atoms with Crippen LogP contribution in [0.2, 0.25) is 0 Å². The van der Waals surface area contributed by atoms with Gasteiger partial charge in [0, 0.05) is 18.8 Å². The lowest BCUT2D eigenvalue weighted by atomic mass is 10.00. The molecule has 0 aromatic heterocycles. The molecule has 2 aromatic carbocycles. The molecule has 1 N–H and O–H groups in total. The van der Waals surface area contributed by atoms with Crippen molar-refractivity contribution in [3.63, 3.8) is 0 Å². The lowest BCUT2D eigenvalue weighted by Gasteiger charge is -2.31. The van der Waals surface area contributed by atoms with E-state index >= 15 is 0 Å². The van der Waals surface area contributed by atoms with E-state index in [2.05, 4.69) is 15.2 Å². The molecule has 186 valence electrons.